The highest BCUT2D eigenvalue weighted by Gasteiger charge is 2.12. The molecular weight excluding hydrogens is 218 g/mol. The van der Waals surface area contributed by atoms with E-state index >= 15 is 0 Å². The van der Waals surface area contributed by atoms with Crippen LogP contribution in [-0.4, -0.2) is 31.0 Å². The first-order chi connectivity index (χ1) is 8.33. The van der Waals surface area contributed by atoms with Gasteiger partial charge in [-0.05, 0) is 24.1 Å². The van der Waals surface area contributed by atoms with E-state index in [1.54, 1.807) is 0 Å². The van der Waals surface area contributed by atoms with Crippen molar-refractivity contribution in [2.45, 2.75) is 25.9 Å². The summed E-state index contributed by atoms with van der Waals surface area (Å²) in [4.78, 5) is 0. The molecule has 1 heterocycles. The molecule has 4 heteroatoms. The molecule has 1 aromatic rings. The summed E-state index contributed by atoms with van der Waals surface area (Å²) >= 11 is 0. The van der Waals surface area contributed by atoms with Crippen molar-refractivity contribution in [3.63, 3.8) is 0 Å². The summed E-state index contributed by atoms with van der Waals surface area (Å²) in [6.45, 7) is 4.18. The van der Waals surface area contributed by atoms with Crippen LogP contribution in [0.15, 0.2) is 18.2 Å². The molecule has 1 aliphatic rings. The number of nitrogens with one attached hydrogen (secondary N) is 1. The summed E-state index contributed by atoms with van der Waals surface area (Å²) in [5.41, 5.74) is 1.14. The molecular formula is C13H19NO3. The molecule has 0 aromatic heterocycles. The molecule has 0 amide bonds. The molecule has 17 heavy (non-hydrogen) atoms. The van der Waals surface area contributed by atoms with Crippen LogP contribution in [0.3, 0.4) is 0 Å². The number of benzene rings is 1. The topological polar surface area (TPSA) is 50.7 Å². The summed E-state index contributed by atoms with van der Waals surface area (Å²) in [7, 11) is 0. The van der Waals surface area contributed by atoms with Crippen LogP contribution in [-0.2, 0) is 6.54 Å². The van der Waals surface area contributed by atoms with Gasteiger partial charge >= 0.3 is 0 Å². The largest absolute Gasteiger partial charge is 0.486 e. The van der Waals surface area contributed by atoms with Crippen LogP contribution in [0.25, 0.3) is 0 Å². The van der Waals surface area contributed by atoms with E-state index in [1.807, 2.05) is 18.2 Å². The minimum absolute atomic E-state index is 0.156. The molecule has 0 fully saturated rings. The Morgan fingerprint density at radius 2 is 2.06 bits per heavy atom. The molecule has 94 valence electrons. The van der Waals surface area contributed by atoms with E-state index in [1.165, 1.54) is 0 Å². The summed E-state index contributed by atoms with van der Waals surface area (Å²) in [5, 5.41) is 12.4. The van der Waals surface area contributed by atoms with E-state index in [2.05, 4.69) is 12.2 Å². The van der Waals surface area contributed by atoms with Crippen LogP contribution >= 0.6 is 0 Å². The summed E-state index contributed by atoms with van der Waals surface area (Å²) < 4.78 is 11.0. The molecule has 2 rings (SSSR count). The first-order valence-corrected chi connectivity index (χ1v) is 6.06. The lowest BCUT2D eigenvalue weighted by molar-refractivity contribution is 0.171. The smallest absolute Gasteiger partial charge is 0.161 e. The Hall–Kier alpha value is -1.26. The van der Waals surface area contributed by atoms with E-state index in [4.69, 9.17) is 14.6 Å². The third-order valence-corrected chi connectivity index (χ3v) is 2.91. The number of fused-ring (bicyclic) bond motifs is 1. The zero-order valence-electron chi connectivity index (χ0n) is 10.1. The molecule has 0 saturated carbocycles. The van der Waals surface area contributed by atoms with Gasteiger partial charge in [0.25, 0.3) is 0 Å². The van der Waals surface area contributed by atoms with Gasteiger partial charge in [0.2, 0.25) is 0 Å². The van der Waals surface area contributed by atoms with Crippen molar-refractivity contribution in [3.8, 4) is 11.5 Å². The van der Waals surface area contributed by atoms with Crippen molar-refractivity contribution in [3.05, 3.63) is 23.8 Å². The molecule has 0 radical (unpaired) electrons. The Kier molecular flexibility index (Phi) is 4.23. The van der Waals surface area contributed by atoms with Crippen molar-refractivity contribution in [1.82, 2.24) is 5.32 Å². The lowest BCUT2D eigenvalue weighted by Gasteiger charge is -2.19. The van der Waals surface area contributed by atoms with Crippen LogP contribution in [0.5, 0.6) is 11.5 Å². The van der Waals surface area contributed by atoms with Crippen LogP contribution < -0.4 is 14.8 Å². The average Bonchev–Trinajstić information content (AvgIpc) is 2.40. The number of hydrogen-bond acceptors (Lipinski definition) is 4. The van der Waals surface area contributed by atoms with Gasteiger partial charge in [-0.25, -0.2) is 0 Å². The molecule has 4 nitrogen and oxygen atoms in total. The molecule has 0 unspecified atom stereocenters. The monoisotopic (exact) mass is 237 g/mol. The SMILES string of the molecule is CC[C@@H](CO)NCc1ccc2c(c1)OCCO2. The predicted molar refractivity (Wildman–Crippen MR) is 65.4 cm³/mol. The van der Waals surface area contributed by atoms with Gasteiger partial charge in [0.15, 0.2) is 11.5 Å². The van der Waals surface area contributed by atoms with Gasteiger partial charge in [-0.1, -0.05) is 13.0 Å². The molecule has 1 aliphatic heterocycles. The molecule has 2 N–H and O–H groups in total. The lowest BCUT2D eigenvalue weighted by Crippen LogP contribution is -2.31. The Labute approximate surface area is 102 Å². The van der Waals surface area contributed by atoms with Gasteiger partial charge in [-0.3, -0.25) is 0 Å². The number of aliphatic hydroxyl groups excluding tert-OH is 1. The fourth-order valence-corrected chi connectivity index (χ4v) is 1.80. The number of ether oxygens (including phenoxy) is 2. The van der Waals surface area contributed by atoms with Gasteiger partial charge in [0, 0.05) is 12.6 Å². The Bertz CT molecular complexity index is 364. The van der Waals surface area contributed by atoms with E-state index in [9.17, 15) is 0 Å². The van der Waals surface area contributed by atoms with Crippen LogP contribution in [0.4, 0.5) is 0 Å². The number of hydrogen-bond donors (Lipinski definition) is 2. The van der Waals surface area contributed by atoms with E-state index < -0.39 is 0 Å². The maximum atomic E-state index is 9.09. The molecule has 0 saturated heterocycles. The highest BCUT2D eigenvalue weighted by atomic mass is 16.6. The standard InChI is InChI=1S/C13H19NO3/c1-2-11(9-15)14-8-10-3-4-12-13(7-10)17-6-5-16-12/h3-4,7,11,14-15H,2,5-6,8-9H2,1H3/t11-/m0/s1. The highest BCUT2D eigenvalue weighted by molar-refractivity contribution is 5.43. The molecule has 0 bridgehead atoms. The first-order valence-electron chi connectivity index (χ1n) is 6.06. The number of aliphatic hydroxyl groups is 1. The van der Waals surface area contributed by atoms with Gasteiger partial charge in [0.05, 0.1) is 6.61 Å². The second-order valence-corrected chi connectivity index (χ2v) is 4.15. The molecule has 1 aromatic carbocycles. The maximum absolute atomic E-state index is 9.09. The Balaban J connectivity index is 1.97. The third kappa shape index (κ3) is 3.11. The van der Waals surface area contributed by atoms with Gasteiger partial charge in [-0.2, -0.15) is 0 Å². The van der Waals surface area contributed by atoms with Gasteiger partial charge < -0.3 is 19.9 Å². The van der Waals surface area contributed by atoms with Crippen LogP contribution in [0.2, 0.25) is 0 Å². The van der Waals surface area contributed by atoms with Crippen LogP contribution in [0.1, 0.15) is 18.9 Å². The molecule has 1 atom stereocenters. The Morgan fingerprint density at radius 3 is 2.76 bits per heavy atom. The minimum Gasteiger partial charge on any atom is -0.486 e. The minimum atomic E-state index is 0.156. The molecule has 0 aliphatic carbocycles. The quantitative estimate of drug-likeness (QED) is 0.811. The van der Waals surface area contributed by atoms with Crippen molar-refractivity contribution in [1.29, 1.82) is 0 Å². The van der Waals surface area contributed by atoms with E-state index in [-0.39, 0.29) is 12.6 Å². The van der Waals surface area contributed by atoms with E-state index in [0.29, 0.717) is 13.2 Å². The highest BCUT2D eigenvalue weighted by Crippen LogP contribution is 2.30. The Morgan fingerprint density at radius 1 is 1.29 bits per heavy atom. The zero-order valence-corrected chi connectivity index (χ0v) is 10.1. The summed E-state index contributed by atoms with van der Waals surface area (Å²) in [6, 6.07) is 6.10. The predicted octanol–water partition coefficient (Wildman–Crippen LogP) is 1.32. The second-order valence-electron chi connectivity index (χ2n) is 4.15. The second kappa shape index (κ2) is 5.89. The normalized spacial score (nSPS) is 15.6. The third-order valence-electron chi connectivity index (χ3n) is 2.91. The van der Waals surface area contributed by atoms with Crippen LogP contribution in [0, 0.1) is 0 Å². The first kappa shape index (κ1) is 12.2. The molecule has 0 spiro atoms. The number of rotatable bonds is 5. The average molecular weight is 237 g/mol. The summed E-state index contributed by atoms with van der Waals surface area (Å²) in [6.07, 6.45) is 0.918. The van der Waals surface area contributed by atoms with Crippen molar-refractivity contribution in [2.75, 3.05) is 19.8 Å². The lowest BCUT2D eigenvalue weighted by atomic mass is 10.1. The van der Waals surface area contributed by atoms with Crippen molar-refractivity contribution >= 4 is 0 Å². The zero-order chi connectivity index (χ0) is 12.1. The maximum Gasteiger partial charge on any atom is 0.161 e. The van der Waals surface area contributed by atoms with E-state index in [0.717, 1.165) is 30.0 Å². The fraction of sp³-hybridized carbons (Fsp3) is 0.538. The van der Waals surface area contributed by atoms with Crippen molar-refractivity contribution in [2.24, 2.45) is 0 Å². The van der Waals surface area contributed by atoms with Crippen molar-refractivity contribution < 1.29 is 14.6 Å². The summed E-state index contributed by atoms with van der Waals surface area (Å²) in [5.74, 6) is 1.63. The fourth-order valence-electron chi connectivity index (χ4n) is 1.80. The van der Waals surface area contributed by atoms with Gasteiger partial charge in [0.1, 0.15) is 13.2 Å². The van der Waals surface area contributed by atoms with Gasteiger partial charge in [-0.15, -0.1) is 0 Å².